The minimum atomic E-state index is -3.41. The molecule has 9 heteroatoms. The second kappa shape index (κ2) is 11.3. The second-order valence-corrected chi connectivity index (χ2v) is 10.2. The summed E-state index contributed by atoms with van der Waals surface area (Å²) < 4.78 is 37.5. The molecule has 0 aliphatic carbocycles. The number of hydrogen-bond acceptors (Lipinski definition) is 6. The van der Waals surface area contributed by atoms with E-state index >= 15 is 0 Å². The van der Waals surface area contributed by atoms with E-state index in [-0.39, 0.29) is 17.7 Å². The van der Waals surface area contributed by atoms with Crippen molar-refractivity contribution in [3.05, 3.63) is 29.8 Å². The Morgan fingerprint density at radius 2 is 1.90 bits per heavy atom. The average Bonchev–Trinajstić information content (AvgIpc) is 2.80. The molecule has 2 fully saturated rings. The number of carbonyl (C=O) groups is 1. The third kappa shape index (κ3) is 6.19. The van der Waals surface area contributed by atoms with Crippen molar-refractivity contribution in [1.82, 2.24) is 14.5 Å². The van der Waals surface area contributed by atoms with Crippen molar-refractivity contribution in [1.29, 1.82) is 0 Å². The topological polar surface area (TPSA) is 88.2 Å². The van der Waals surface area contributed by atoms with E-state index < -0.39 is 16.1 Å². The van der Waals surface area contributed by atoms with Crippen LogP contribution in [0.4, 0.5) is 0 Å². The fraction of sp³-hybridized carbons (Fsp3) is 0.682. The maximum absolute atomic E-state index is 13.1. The highest BCUT2D eigenvalue weighted by molar-refractivity contribution is 7.89. The van der Waals surface area contributed by atoms with E-state index in [4.69, 9.17) is 9.47 Å². The van der Waals surface area contributed by atoms with Crippen LogP contribution in [-0.4, -0.2) is 81.8 Å². The van der Waals surface area contributed by atoms with E-state index in [1.807, 2.05) is 31.2 Å². The minimum Gasteiger partial charge on any atom is -0.497 e. The van der Waals surface area contributed by atoms with Gasteiger partial charge in [-0.2, -0.15) is 4.31 Å². The molecule has 0 radical (unpaired) electrons. The van der Waals surface area contributed by atoms with E-state index in [1.165, 1.54) is 4.31 Å². The summed E-state index contributed by atoms with van der Waals surface area (Å²) >= 11 is 0. The van der Waals surface area contributed by atoms with Gasteiger partial charge >= 0.3 is 0 Å². The molecule has 1 amide bonds. The zero-order chi connectivity index (χ0) is 22.3. The number of morpholine rings is 1. The van der Waals surface area contributed by atoms with Crippen LogP contribution in [0, 0.1) is 0 Å². The molecule has 2 aliphatic rings. The molecule has 2 unspecified atom stereocenters. The van der Waals surface area contributed by atoms with Crippen molar-refractivity contribution in [3.8, 4) is 5.75 Å². The quantitative estimate of drug-likeness (QED) is 0.613. The van der Waals surface area contributed by atoms with Crippen LogP contribution < -0.4 is 10.1 Å². The van der Waals surface area contributed by atoms with Gasteiger partial charge in [-0.1, -0.05) is 25.5 Å². The highest BCUT2D eigenvalue weighted by Gasteiger charge is 2.36. The predicted octanol–water partition coefficient (Wildman–Crippen LogP) is 1.78. The minimum absolute atomic E-state index is 0.0111. The third-order valence-corrected chi connectivity index (χ3v) is 8.11. The van der Waals surface area contributed by atoms with Gasteiger partial charge < -0.3 is 14.8 Å². The summed E-state index contributed by atoms with van der Waals surface area (Å²) in [5.41, 5.74) is 1.09. The smallest absolute Gasteiger partial charge is 0.238 e. The average molecular weight is 454 g/mol. The summed E-state index contributed by atoms with van der Waals surface area (Å²) in [5, 5.41) is 3.06. The molecule has 2 heterocycles. The molecule has 0 saturated carbocycles. The Labute approximate surface area is 185 Å². The fourth-order valence-corrected chi connectivity index (χ4v) is 6.11. The third-order valence-electron chi connectivity index (χ3n) is 6.03. The Bertz CT molecular complexity index is 809. The van der Waals surface area contributed by atoms with E-state index in [0.29, 0.717) is 39.1 Å². The molecule has 1 aromatic carbocycles. The lowest BCUT2D eigenvalue weighted by Crippen LogP contribution is -2.53. The molecule has 0 spiro atoms. The number of methoxy groups -OCH3 is 1. The van der Waals surface area contributed by atoms with Crippen molar-refractivity contribution < 1.29 is 22.7 Å². The Kier molecular flexibility index (Phi) is 8.71. The Morgan fingerprint density at radius 1 is 1.19 bits per heavy atom. The van der Waals surface area contributed by atoms with E-state index in [1.54, 1.807) is 7.11 Å². The summed E-state index contributed by atoms with van der Waals surface area (Å²) in [6.07, 6.45) is 2.78. The van der Waals surface area contributed by atoms with Crippen LogP contribution in [0.25, 0.3) is 0 Å². The number of carbonyl (C=O) groups excluding carboxylic acids is 1. The van der Waals surface area contributed by atoms with Gasteiger partial charge in [-0.25, -0.2) is 8.42 Å². The molecular weight excluding hydrogens is 418 g/mol. The van der Waals surface area contributed by atoms with Gasteiger partial charge in [0.1, 0.15) is 11.8 Å². The van der Waals surface area contributed by atoms with Gasteiger partial charge in [0, 0.05) is 26.2 Å². The maximum atomic E-state index is 13.1. The Balaban J connectivity index is 1.72. The molecule has 2 aliphatic heterocycles. The zero-order valence-electron chi connectivity index (χ0n) is 18.6. The molecule has 0 aromatic heterocycles. The molecule has 174 valence electrons. The lowest BCUT2D eigenvalue weighted by atomic mass is 10.0. The summed E-state index contributed by atoms with van der Waals surface area (Å²) in [7, 11) is -1.78. The first-order valence-corrected chi connectivity index (χ1v) is 12.8. The van der Waals surface area contributed by atoms with E-state index in [2.05, 4.69) is 10.2 Å². The Morgan fingerprint density at radius 3 is 2.55 bits per heavy atom. The highest BCUT2D eigenvalue weighted by atomic mass is 32.2. The van der Waals surface area contributed by atoms with E-state index in [0.717, 1.165) is 37.2 Å². The van der Waals surface area contributed by atoms with Crippen LogP contribution in [0.1, 0.15) is 44.2 Å². The largest absolute Gasteiger partial charge is 0.497 e. The first-order valence-electron chi connectivity index (χ1n) is 11.2. The molecule has 31 heavy (non-hydrogen) atoms. The number of nitrogens with one attached hydrogen (secondary N) is 1. The number of piperidine rings is 1. The number of ether oxygens (including phenoxy) is 2. The van der Waals surface area contributed by atoms with Crippen molar-refractivity contribution in [2.24, 2.45) is 0 Å². The highest BCUT2D eigenvalue weighted by Crippen LogP contribution is 2.25. The van der Waals surface area contributed by atoms with Gasteiger partial charge in [-0.3, -0.25) is 9.69 Å². The van der Waals surface area contributed by atoms with Crippen LogP contribution in [0.3, 0.4) is 0 Å². The first-order chi connectivity index (χ1) is 15.0. The van der Waals surface area contributed by atoms with Crippen LogP contribution in [-0.2, 0) is 19.6 Å². The number of nitrogens with zero attached hydrogens (tertiary/aromatic N) is 2. The van der Waals surface area contributed by atoms with Gasteiger partial charge in [-0.05, 0) is 37.0 Å². The summed E-state index contributed by atoms with van der Waals surface area (Å²) in [6.45, 7) is 5.58. The molecule has 3 rings (SSSR count). The summed E-state index contributed by atoms with van der Waals surface area (Å²) in [6, 6.07) is 7.25. The van der Waals surface area contributed by atoms with Crippen molar-refractivity contribution in [2.75, 3.05) is 52.3 Å². The fourth-order valence-electron chi connectivity index (χ4n) is 4.36. The maximum Gasteiger partial charge on any atom is 0.238 e. The molecule has 2 saturated heterocycles. The summed E-state index contributed by atoms with van der Waals surface area (Å²) in [5.74, 6) is 0.664. The monoisotopic (exact) mass is 453 g/mol. The van der Waals surface area contributed by atoms with Crippen LogP contribution in [0.15, 0.2) is 24.3 Å². The van der Waals surface area contributed by atoms with Gasteiger partial charge in [0.05, 0.1) is 32.1 Å². The molecule has 0 bridgehead atoms. The molecule has 1 N–H and O–H groups in total. The molecule has 1 aromatic rings. The molecule has 8 nitrogen and oxygen atoms in total. The van der Waals surface area contributed by atoms with E-state index in [9.17, 15) is 13.2 Å². The predicted molar refractivity (Wildman–Crippen MR) is 120 cm³/mol. The lowest BCUT2D eigenvalue weighted by Gasteiger charge is -2.36. The van der Waals surface area contributed by atoms with Crippen molar-refractivity contribution >= 4 is 15.9 Å². The summed E-state index contributed by atoms with van der Waals surface area (Å²) in [4.78, 5) is 15.4. The van der Waals surface area contributed by atoms with Crippen molar-refractivity contribution in [2.45, 2.75) is 44.7 Å². The number of hydrogen-bond donors (Lipinski definition) is 1. The number of amides is 1. The number of rotatable bonds is 9. The van der Waals surface area contributed by atoms with Crippen molar-refractivity contribution in [3.63, 3.8) is 0 Å². The first kappa shape index (κ1) is 24.0. The Hall–Kier alpha value is -1.68. The van der Waals surface area contributed by atoms with Gasteiger partial charge in [0.2, 0.25) is 15.9 Å². The zero-order valence-corrected chi connectivity index (χ0v) is 19.4. The van der Waals surface area contributed by atoms with Gasteiger partial charge in [0.25, 0.3) is 0 Å². The van der Waals surface area contributed by atoms with Crippen LogP contribution in [0.2, 0.25) is 0 Å². The van der Waals surface area contributed by atoms with Gasteiger partial charge in [-0.15, -0.1) is 0 Å². The molecule has 2 atom stereocenters. The normalized spacial score (nSPS) is 22.1. The van der Waals surface area contributed by atoms with Gasteiger partial charge in [0.15, 0.2) is 0 Å². The standard InChI is InChI=1S/C22H35N3O5S/c1-3-16-31(27,28)25-11-5-4-6-20(25)22(26)23-17-21(24-12-14-30-15-13-24)18-7-9-19(29-2)10-8-18/h7-10,20-21H,3-6,11-17H2,1-2H3,(H,23,26). The lowest BCUT2D eigenvalue weighted by molar-refractivity contribution is -0.126. The second-order valence-electron chi connectivity index (χ2n) is 8.12. The molecular formula is C22H35N3O5S. The number of sulfonamides is 1. The van der Waals surface area contributed by atoms with Crippen LogP contribution in [0.5, 0.6) is 5.75 Å². The van der Waals surface area contributed by atoms with Crippen LogP contribution >= 0.6 is 0 Å². The SMILES string of the molecule is CCCS(=O)(=O)N1CCCCC1C(=O)NCC(c1ccc(OC)cc1)N1CCOCC1. The number of benzene rings is 1.